The summed E-state index contributed by atoms with van der Waals surface area (Å²) in [5.74, 6) is -0.911. The van der Waals surface area contributed by atoms with Gasteiger partial charge in [0.2, 0.25) is 10.0 Å². The molecular weight excluding hydrogens is 562 g/mol. The highest BCUT2D eigenvalue weighted by Crippen LogP contribution is 2.29. The van der Waals surface area contributed by atoms with Gasteiger partial charge in [-0.25, -0.2) is 13.1 Å². The molecule has 0 fully saturated rings. The van der Waals surface area contributed by atoms with E-state index in [4.69, 9.17) is 15.8 Å². The van der Waals surface area contributed by atoms with Crippen molar-refractivity contribution in [3.8, 4) is 0 Å². The van der Waals surface area contributed by atoms with E-state index >= 15 is 0 Å². The Hall–Kier alpha value is -2.76. The number of halogens is 1. The minimum Gasteiger partial charge on any atom is -0.481 e. The summed E-state index contributed by atoms with van der Waals surface area (Å²) < 4.78 is 59.0. The zero-order chi connectivity index (χ0) is 28.2. The molecule has 0 radical (unpaired) electrons. The fourth-order valence-electron chi connectivity index (χ4n) is 4.71. The molecular formula is C28H30ClNO7S2. The molecule has 2 N–H and O–H groups in total. The Morgan fingerprint density at radius 2 is 1.67 bits per heavy atom. The standard InChI is InChI=1S/C28H30ClNO7S2/c1-19-2-8-26(9-3-19)39(35,36)37-15-14-20-16-21(4-13-28(31)32)27-12-7-24(18-22(27)17-20)30-38(33,34)25-10-5-23(29)6-11-25/h2-3,5-6,8-11,16-17,24,30H,4,7,12-15,18H2,1H3,(H,31,32). The number of benzene rings is 3. The summed E-state index contributed by atoms with van der Waals surface area (Å²) in [5, 5.41) is 9.67. The average molecular weight is 592 g/mol. The molecule has 3 aromatic carbocycles. The van der Waals surface area contributed by atoms with Gasteiger partial charge < -0.3 is 5.11 Å². The molecule has 4 rings (SSSR count). The highest BCUT2D eigenvalue weighted by molar-refractivity contribution is 7.89. The van der Waals surface area contributed by atoms with E-state index < -0.39 is 26.1 Å². The number of sulfonamides is 1. The second kappa shape index (κ2) is 12.2. The highest BCUT2D eigenvalue weighted by Gasteiger charge is 2.26. The van der Waals surface area contributed by atoms with Crippen LogP contribution in [0.25, 0.3) is 0 Å². The monoisotopic (exact) mass is 591 g/mol. The van der Waals surface area contributed by atoms with Gasteiger partial charge in [-0.1, -0.05) is 41.4 Å². The molecule has 11 heteroatoms. The number of carbonyl (C=O) groups is 1. The third kappa shape index (κ3) is 7.67. The second-order valence-electron chi connectivity index (χ2n) is 9.64. The maximum Gasteiger partial charge on any atom is 0.303 e. The van der Waals surface area contributed by atoms with Crippen LogP contribution in [0.2, 0.25) is 5.02 Å². The number of rotatable bonds is 11. The van der Waals surface area contributed by atoms with E-state index in [1.54, 1.807) is 12.1 Å². The molecule has 208 valence electrons. The van der Waals surface area contributed by atoms with Gasteiger partial charge in [-0.05, 0) is 97.7 Å². The number of hydrogen-bond donors (Lipinski definition) is 2. The first-order valence-electron chi connectivity index (χ1n) is 12.5. The van der Waals surface area contributed by atoms with Gasteiger partial charge in [0, 0.05) is 17.5 Å². The normalized spacial score (nSPS) is 15.6. The largest absolute Gasteiger partial charge is 0.481 e. The summed E-state index contributed by atoms with van der Waals surface area (Å²) >= 11 is 5.89. The van der Waals surface area contributed by atoms with Crippen LogP contribution in [0.1, 0.15) is 40.7 Å². The minimum atomic E-state index is -3.92. The van der Waals surface area contributed by atoms with E-state index in [1.165, 1.54) is 36.4 Å². The van der Waals surface area contributed by atoms with Crippen molar-refractivity contribution in [3.05, 3.63) is 93.5 Å². The van der Waals surface area contributed by atoms with Gasteiger partial charge in [0.05, 0.1) is 16.4 Å². The lowest BCUT2D eigenvalue weighted by Gasteiger charge is -2.28. The molecule has 0 aromatic heterocycles. The zero-order valence-corrected chi connectivity index (χ0v) is 23.8. The summed E-state index contributed by atoms with van der Waals surface area (Å²) in [6, 6.07) is 15.8. The van der Waals surface area contributed by atoms with Crippen LogP contribution in [0, 0.1) is 6.92 Å². The predicted molar refractivity (Wildman–Crippen MR) is 148 cm³/mol. The van der Waals surface area contributed by atoms with Gasteiger partial charge in [-0.3, -0.25) is 8.98 Å². The molecule has 0 heterocycles. The minimum absolute atomic E-state index is 0.0409. The summed E-state index contributed by atoms with van der Waals surface area (Å²) in [6.45, 7) is 1.78. The fourth-order valence-corrected chi connectivity index (χ4v) is 7.02. The lowest BCUT2D eigenvalue weighted by atomic mass is 9.83. The number of fused-ring (bicyclic) bond motifs is 1. The molecule has 0 bridgehead atoms. The van der Waals surface area contributed by atoms with E-state index in [9.17, 15) is 26.7 Å². The molecule has 8 nitrogen and oxygen atoms in total. The number of carboxylic acid groups (broad SMARTS) is 1. The molecule has 39 heavy (non-hydrogen) atoms. The quantitative estimate of drug-likeness (QED) is 0.315. The topological polar surface area (TPSA) is 127 Å². The van der Waals surface area contributed by atoms with Gasteiger partial charge in [0.1, 0.15) is 0 Å². The summed E-state index contributed by atoms with van der Waals surface area (Å²) in [4.78, 5) is 11.5. The van der Waals surface area contributed by atoms with Crippen molar-refractivity contribution in [2.75, 3.05) is 6.61 Å². The molecule has 0 saturated carbocycles. The first-order chi connectivity index (χ1) is 18.4. The van der Waals surface area contributed by atoms with Crippen molar-refractivity contribution in [3.63, 3.8) is 0 Å². The van der Waals surface area contributed by atoms with E-state index in [0.29, 0.717) is 37.1 Å². The van der Waals surface area contributed by atoms with E-state index in [-0.39, 0.29) is 28.9 Å². The number of aryl methyl sites for hydroxylation is 2. The smallest absolute Gasteiger partial charge is 0.303 e. The number of hydrogen-bond acceptors (Lipinski definition) is 6. The van der Waals surface area contributed by atoms with Crippen molar-refractivity contribution in [1.82, 2.24) is 4.72 Å². The van der Waals surface area contributed by atoms with Crippen molar-refractivity contribution in [2.24, 2.45) is 0 Å². The first kappa shape index (κ1) is 29.2. The third-order valence-corrected chi connectivity index (χ3v) is 9.81. The maximum absolute atomic E-state index is 12.9. The fraction of sp³-hybridized carbons (Fsp3) is 0.321. The molecule has 1 aliphatic rings. The SMILES string of the molecule is Cc1ccc(S(=O)(=O)OCCc2cc(CCC(=O)O)c3c(c2)CC(NS(=O)(=O)c2ccc(Cl)cc2)CC3)cc1. The molecule has 0 amide bonds. The van der Waals surface area contributed by atoms with Crippen molar-refractivity contribution < 1.29 is 30.9 Å². The van der Waals surface area contributed by atoms with Crippen LogP contribution in [-0.4, -0.2) is 40.6 Å². The van der Waals surface area contributed by atoms with Crippen molar-refractivity contribution in [2.45, 2.75) is 61.3 Å². The van der Waals surface area contributed by atoms with Crippen molar-refractivity contribution in [1.29, 1.82) is 0 Å². The highest BCUT2D eigenvalue weighted by atomic mass is 35.5. The molecule has 3 aromatic rings. The predicted octanol–water partition coefficient (Wildman–Crippen LogP) is 4.45. The molecule has 0 saturated heterocycles. The Bertz CT molecular complexity index is 1550. The Morgan fingerprint density at radius 1 is 1.00 bits per heavy atom. The first-order valence-corrected chi connectivity index (χ1v) is 15.8. The van der Waals surface area contributed by atoms with E-state index in [2.05, 4.69) is 4.72 Å². The molecule has 1 aliphatic carbocycles. The Kier molecular flexibility index (Phi) is 9.13. The number of carboxylic acids is 1. The molecule has 1 atom stereocenters. The van der Waals surface area contributed by atoms with E-state index in [0.717, 1.165) is 27.8 Å². The van der Waals surface area contributed by atoms with Crippen LogP contribution >= 0.6 is 11.6 Å². The van der Waals surface area contributed by atoms with Crippen LogP contribution < -0.4 is 4.72 Å². The summed E-state index contributed by atoms with van der Waals surface area (Å²) in [7, 11) is -7.67. The third-order valence-electron chi connectivity index (χ3n) is 6.70. The Morgan fingerprint density at radius 3 is 2.33 bits per heavy atom. The number of nitrogens with one attached hydrogen (secondary N) is 1. The van der Waals surface area contributed by atoms with Gasteiger partial charge in [0.25, 0.3) is 10.1 Å². The summed E-state index contributed by atoms with van der Waals surface area (Å²) in [5.41, 5.74) is 4.56. The van der Waals surface area contributed by atoms with Gasteiger partial charge in [-0.2, -0.15) is 8.42 Å². The second-order valence-corrected chi connectivity index (χ2v) is 13.4. The van der Waals surface area contributed by atoms with Crippen LogP contribution in [0.5, 0.6) is 0 Å². The Balaban J connectivity index is 1.51. The molecule has 1 unspecified atom stereocenters. The van der Waals surface area contributed by atoms with Gasteiger partial charge in [0.15, 0.2) is 0 Å². The van der Waals surface area contributed by atoms with Gasteiger partial charge >= 0.3 is 5.97 Å². The van der Waals surface area contributed by atoms with Crippen LogP contribution in [-0.2, 0) is 54.8 Å². The van der Waals surface area contributed by atoms with Crippen LogP contribution in [0.4, 0.5) is 0 Å². The maximum atomic E-state index is 12.9. The summed E-state index contributed by atoms with van der Waals surface area (Å²) in [6.07, 6.45) is 2.17. The lowest BCUT2D eigenvalue weighted by molar-refractivity contribution is -0.136. The zero-order valence-electron chi connectivity index (χ0n) is 21.4. The molecule has 0 aliphatic heterocycles. The average Bonchev–Trinajstić information content (AvgIpc) is 2.87. The number of aliphatic carboxylic acids is 1. The van der Waals surface area contributed by atoms with Gasteiger partial charge in [-0.15, -0.1) is 0 Å². The van der Waals surface area contributed by atoms with Crippen molar-refractivity contribution >= 4 is 37.7 Å². The van der Waals surface area contributed by atoms with Crippen LogP contribution in [0.15, 0.2) is 70.5 Å². The lowest BCUT2D eigenvalue weighted by Crippen LogP contribution is -2.39. The molecule has 0 spiro atoms. The Labute approximate surface area is 234 Å². The van der Waals surface area contributed by atoms with Crippen LogP contribution in [0.3, 0.4) is 0 Å². The van der Waals surface area contributed by atoms with E-state index in [1.807, 2.05) is 19.1 Å².